The van der Waals surface area contributed by atoms with E-state index >= 15 is 0 Å². The lowest BCUT2D eigenvalue weighted by atomic mass is 9.76. The third-order valence-corrected chi connectivity index (χ3v) is 6.37. The molecule has 8 heteroatoms. The summed E-state index contributed by atoms with van der Waals surface area (Å²) in [5.41, 5.74) is 0.729. The summed E-state index contributed by atoms with van der Waals surface area (Å²) in [7, 11) is 0. The lowest BCUT2D eigenvalue weighted by Crippen LogP contribution is -2.44. The molecule has 1 aliphatic carbocycles. The lowest BCUT2D eigenvalue weighted by Gasteiger charge is -2.40. The molecule has 1 aromatic rings. The van der Waals surface area contributed by atoms with Gasteiger partial charge < -0.3 is 20.0 Å². The number of rotatable bonds is 4. The predicted octanol–water partition coefficient (Wildman–Crippen LogP) is 1.77. The zero-order chi connectivity index (χ0) is 20.1. The number of aliphatic carboxylic acids is 1. The number of carbonyl (C=O) groups excluding carboxylic acids is 1. The molecule has 0 bridgehead atoms. The fourth-order valence-corrected chi connectivity index (χ4v) is 4.58. The van der Waals surface area contributed by atoms with Crippen molar-refractivity contribution >= 4 is 23.7 Å². The van der Waals surface area contributed by atoms with Crippen molar-refractivity contribution in [3.63, 3.8) is 0 Å². The van der Waals surface area contributed by atoms with Gasteiger partial charge in [0.2, 0.25) is 5.91 Å². The van der Waals surface area contributed by atoms with Gasteiger partial charge in [0.05, 0.1) is 0 Å². The van der Waals surface area contributed by atoms with E-state index in [9.17, 15) is 24.6 Å². The van der Waals surface area contributed by atoms with E-state index in [0.717, 1.165) is 31.4 Å². The van der Waals surface area contributed by atoms with Crippen molar-refractivity contribution in [3.05, 3.63) is 23.4 Å². The molecular weight excluding hydrogens is 362 g/mol. The first-order valence-corrected chi connectivity index (χ1v) is 9.79. The number of pyridine rings is 1. The molecule has 1 spiro atoms. The summed E-state index contributed by atoms with van der Waals surface area (Å²) in [4.78, 5) is 43.9. The molecule has 0 radical (unpaired) electrons. The molecular formula is C20H25N3O5. The maximum Gasteiger partial charge on any atom is 0.339 e. The topological polar surface area (TPSA) is 111 Å². The fraction of sp³-hybridized carbons (Fsp3) is 0.600. The van der Waals surface area contributed by atoms with E-state index in [2.05, 4.69) is 4.98 Å². The van der Waals surface area contributed by atoms with E-state index in [0.29, 0.717) is 31.9 Å². The summed E-state index contributed by atoms with van der Waals surface area (Å²) in [5.74, 6) is -1.47. The highest BCUT2D eigenvalue weighted by Gasteiger charge is 2.52. The van der Waals surface area contributed by atoms with Crippen LogP contribution >= 0.6 is 0 Å². The van der Waals surface area contributed by atoms with Crippen molar-refractivity contribution in [3.8, 4) is 0 Å². The number of piperidine rings is 1. The second-order valence-electron chi connectivity index (χ2n) is 8.41. The number of carbonyl (C=O) groups is 3. The number of aryl methyl sites for hydroxylation is 1. The van der Waals surface area contributed by atoms with Gasteiger partial charge in [-0.15, -0.1) is 0 Å². The molecule has 1 atom stereocenters. The Balaban J connectivity index is 1.51. The number of hydrogen-bond donors (Lipinski definition) is 2. The quantitative estimate of drug-likeness (QED) is 0.810. The van der Waals surface area contributed by atoms with Crippen molar-refractivity contribution < 1.29 is 24.6 Å². The highest BCUT2D eigenvalue weighted by atomic mass is 16.4. The van der Waals surface area contributed by atoms with Gasteiger partial charge in [-0.05, 0) is 56.6 Å². The minimum atomic E-state index is -1.00. The molecule has 1 aromatic heterocycles. The second kappa shape index (κ2) is 6.76. The van der Waals surface area contributed by atoms with Gasteiger partial charge in [-0.3, -0.25) is 4.79 Å². The molecule has 1 saturated carbocycles. The van der Waals surface area contributed by atoms with Crippen LogP contribution in [-0.4, -0.2) is 63.6 Å². The number of carboxylic acid groups (broad SMARTS) is 2. The number of anilines is 1. The zero-order valence-corrected chi connectivity index (χ0v) is 15.9. The SMILES string of the molecule is Cc1ccc(C(=O)O)c(N2CCC3(CC2)C[C@H](C(=O)O)N(C(=O)C2CC2)C3)n1. The Morgan fingerprint density at radius 2 is 1.82 bits per heavy atom. The molecule has 0 aromatic carbocycles. The normalized spacial score (nSPS) is 23.8. The van der Waals surface area contributed by atoms with E-state index in [1.54, 1.807) is 17.0 Å². The standard InChI is InChI=1S/C20H25N3O5/c1-12-2-5-14(18(25)26)16(21-12)22-8-6-20(7-9-22)10-15(19(27)28)23(11-20)17(24)13-3-4-13/h2,5,13,15H,3-4,6-11H2,1H3,(H,25,26)(H,27,28)/t15-/m1/s1. The summed E-state index contributed by atoms with van der Waals surface area (Å²) in [5, 5.41) is 19.1. The summed E-state index contributed by atoms with van der Waals surface area (Å²) >= 11 is 0. The van der Waals surface area contributed by atoms with Crippen LogP contribution in [0.5, 0.6) is 0 Å². The van der Waals surface area contributed by atoms with E-state index in [1.807, 2.05) is 11.8 Å². The molecule has 2 saturated heterocycles. The molecule has 2 N–H and O–H groups in total. The van der Waals surface area contributed by atoms with Gasteiger partial charge in [0.1, 0.15) is 17.4 Å². The van der Waals surface area contributed by atoms with E-state index < -0.39 is 18.0 Å². The predicted molar refractivity (Wildman–Crippen MR) is 100 cm³/mol. The highest BCUT2D eigenvalue weighted by Crippen LogP contribution is 2.46. The molecule has 0 unspecified atom stereocenters. The highest BCUT2D eigenvalue weighted by molar-refractivity contribution is 5.93. The van der Waals surface area contributed by atoms with Crippen molar-refractivity contribution in [1.29, 1.82) is 0 Å². The summed E-state index contributed by atoms with van der Waals surface area (Å²) < 4.78 is 0. The second-order valence-corrected chi connectivity index (χ2v) is 8.41. The smallest absolute Gasteiger partial charge is 0.339 e. The number of amides is 1. The number of likely N-dealkylation sites (tertiary alicyclic amines) is 1. The van der Waals surface area contributed by atoms with Crippen molar-refractivity contribution in [2.24, 2.45) is 11.3 Å². The maximum absolute atomic E-state index is 12.6. The molecule has 3 aliphatic rings. The van der Waals surface area contributed by atoms with Crippen LogP contribution in [-0.2, 0) is 9.59 Å². The molecule has 2 aliphatic heterocycles. The molecule has 3 fully saturated rings. The number of carboxylic acids is 2. The zero-order valence-electron chi connectivity index (χ0n) is 15.9. The summed E-state index contributed by atoms with van der Waals surface area (Å²) in [6, 6.07) is 2.52. The molecule has 8 nitrogen and oxygen atoms in total. The van der Waals surface area contributed by atoms with Crippen LogP contribution in [0.15, 0.2) is 12.1 Å². The Bertz CT molecular complexity index is 827. The van der Waals surface area contributed by atoms with Crippen LogP contribution in [0.2, 0.25) is 0 Å². The Morgan fingerprint density at radius 1 is 1.14 bits per heavy atom. The summed E-state index contributed by atoms with van der Waals surface area (Å²) in [6.45, 7) is 3.53. The van der Waals surface area contributed by atoms with Gasteiger partial charge in [-0.1, -0.05) is 0 Å². The monoisotopic (exact) mass is 387 g/mol. The van der Waals surface area contributed by atoms with Crippen LogP contribution in [0.4, 0.5) is 5.82 Å². The number of aromatic nitrogens is 1. The minimum absolute atomic E-state index is 0.00621. The number of nitrogens with zero attached hydrogens (tertiary/aromatic N) is 3. The van der Waals surface area contributed by atoms with E-state index in [-0.39, 0.29) is 22.8 Å². The third kappa shape index (κ3) is 3.31. The van der Waals surface area contributed by atoms with Gasteiger partial charge in [0.15, 0.2) is 0 Å². The summed E-state index contributed by atoms with van der Waals surface area (Å²) in [6.07, 6.45) is 3.64. The van der Waals surface area contributed by atoms with Crippen LogP contribution in [0.3, 0.4) is 0 Å². The van der Waals surface area contributed by atoms with E-state index in [1.165, 1.54) is 0 Å². The van der Waals surface area contributed by atoms with Gasteiger partial charge in [-0.25, -0.2) is 14.6 Å². The maximum atomic E-state index is 12.6. The van der Waals surface area contributed by atoms with Crippen LogP contribution in [0.1, 0.15) is 48.2 Å². The largest absolute Gasteiger partial charge is 0.480 e. The van der Waals surface area contributed by atoms with Gasteiger partial charge in [-0.2, -0.15) is 0 Å². The average Bonchev–Trinajstić information content (AvgIpc) is 3.44. The minimum Gasteiger partial charge on any atom is -0.480 e. The third-order valence-electron chi connectivity index (χ3n) is 6.37. The van der Waals surface area contributed by atoms with Crippen molar-refractivity contribution in [1.82, 2.24) is 9.88 Å². The Hall–Kier alpha value is -2.64. The molecule has 1 amide bonds. The number of hydrogen-bond acceptors (Lipinski definition) is 5. The molecule has 4 rings (SSSR count). The molecule has 28 heavy (non-hydrogen) atoms. The fourth-order valence-electron chi connectivity index (χ4n) is 4.58. The average molecular weight is 387 g/mol. The van der Waals surface area contributed by atoms with Gasteiger partial charge in [0.25, 0.3) is 0 Å². The van der Waals surface area contributed by atoms with E-state index in [4.69, 9.17) is 0 Å². The Labute approximate surface area is 163 Å². The molecule has 150 valence electrons. The van der Waals surface area contributed by atoms with Crippen LogP contribution in [0.25, 0.3) is 0 Å². The van der Waals surface area contributed by atoms with Crippen LogP contribution in [0, 0.1) is 18.3 Å². The van der Waals surface area contributed by atoms with Gasteiger partial charge >= 0.3 is 11.9 Å². The van der Waals surface area contributed by atoms with Crippen molar-refractivity contribution in [2.75, 3.05) is 24.5 Å². The van der Waals surface area contributed by atoms with Crippen molar-refractivity contribution in [2.45, 2.75) is 45.1 Å². The Kier molecular flexibility index (Phi) is 4.51. The Morgan fingerprint density at radius 3 is 2.39 bits per heavy atom. The molecule has 3 heterocycles. The first kappa shape index (κ1) is 18.7. The van der Waals surface area contributed by atoms with Crippen LogP contribution < -0.4 is 4.90 Å². The first-order chi connectivity index (χ1) is 13.3. The number of aromatic carboxylic acids is 1. The lowest BCUT2D eigenvalue weighted by molar-refractivity contribution is -0.148. The van der Waals surface area contributed by atoms with Gasteiger partial charge in [0, 0.05) is 31.2 Å². The first-order valence-electron chi connectivity index (χ1n) is 9.79.